The van der Waals surface area contributed by atoms with Gasteiger partial charge in [-0.15, -0.1) is 0 Å². The van der Waals surface area contributed by atoms with E-state index in [4.69, 9.17) is 9.47 Å². The van der Waals surface area contributed by atoms with Crippen molar-refractivity contribution in [3.8, 4) is 11.5 Å². The SMILES string of the molecule is C=CCOc1ccc(C=NNC(=O)C(=O)NCCc2ccccc2)cc1OC. The van der Waals surface area contributed by atoms with E-state index in [2.05, 4.69) is 22.4 Å². The van der Waals surface area contributed by atoms with Gasteiger partial charge in [0.25, 0.3) is 0 Å². The summed E-state index contributed by atoms with van der Waals surface area (Å²) in [7, 11) is 1.53. The Balaban J connectivity index is 1.81. The molecule has 28 heavy (non-hydrogen) atoms. The number of hydrazone groups is 1. The molecule has 2 aromatic rings. The van der Waals surface area contributed by atoms with Crippen molar-refractivity contribution in [2.75, 3.05) is 20.3 Å². The van der Waals surface area contributed by atoms with Crippen LogP contribution < -0.4 is 20.2 Å². The summed E-state index contributed by atoms with van der Waals surface area (Å²) in [4.78, 5) is 23.6. The van der Waals surface area contributed by atoms with Crippen LogP contribution in [0.15, 0.2) is 66.3 Å². The van der Waals surface area contributed by atoms with E-state index in [-0.39, 0.29) is 0 Å². The lowest BCUT2D eigenvalue weighted by atomic mass is 10.1. The minimum Gasteiger partial charge on any atom is -0.493 e. The third-order valence-corrected chi connectivity index (χ3v) is 3.67. The number of carbonyl (C=O) groups is 2. The number of benzene rings is 2. The fraction of sp³-hybridized carbons (Fsp3) is 0.190. The average molecular weight is 381 g/mol. The molecule has 0 radical (unpaired) electrons. The lowest BCUT2D eigenvalue weighted by Gasteiger charge is -2.09. The normalized spacial score (nSPS) is 10.3. The number of ether oxygens (including phenoxy) is 2. The lowest BCUT2D eigenvalue weighted by molar-refractivity contribution is -0.139. The molecule has 0 fully saturated rings. The zero-order chi connectivity index (χ0) is 20.2. The monoisotopic (exact) mass is 381 g/mol. The van der Waals surface area contributed by atoms with E-state index in [0.717, 1.165) is 5.56 Å². The fourth-order valence-electron chi connectivity index (χ4n) is 2.29. The van der Waals surface area contributed by atoms with Crippen molar-refractivity contribution in [3.05, 3.63) is 72.3 Å². The van der Waals surface area contributed by atoms with Crippen LogP contribution in [0.25, 0.3) is 0 Å². The average Bonchev–Trinajstić information content (AvgIpc) is 2.73. The summed E-state index contributed by atoms with van der Waals surface area (Å²) in [6.45, 7) is 4.32. The minimum absolute atomic E-state index is 0.360. The molecule has 2 N–H and O–H groups in total. The smallest absolute Gasteiger partial charge is 0.329 e. The van der Waals surface area contributed by atoms with Crippen molar-refractivity contribution in [2.45, 2.75) is 6.42 Å². The Labute approximate surface area is 164 Å². The molecule has 0 aliphatic heterocycles. The van der Waals surface area contributed by atoms with E-state index in [1.165, 1.54) is 13.3 Å². The van der Waals surface area contributed by atoms with Crippen LogP contribution in [0.3, 0.4) is 0 Å². The number of amides is 2. The van der Waals surface area contributed by atoms with Crippen LogP contribution in [-0.4, -0.2) is 38.3 Å². The summed E-state index contributed by atoms with van der Waals surface area (Å²) in [5, 5.41) is 6.35. The Morgan fingerprint density at radius 1 is 1.11 bits per heavy atom. The first kappa shape index (κ1) is 20.7. The van der Waals surface area contributed by atoms with Gasteiger partial charge in [0.1, 0.15) is 6.61 Å². The second kappa shape index (κ2) is 11.2. The van der Waals surface area contributed by atoms with Crippen LogP contribution in [0.4, 0.5) is 0 Å². The molecule has 0 saturated heterocycles. The molecule has 146 valence electrons. The summed E-state index contributed by atoms with van der Waals surface area (Å²) in [6, 6.07) is 14.9. The topological polar surface area (TPSA) is 89.0 Å². The highest BCUT2D eigenvalue weighted by atomic mass is 16.5. The van der Waals surface area contributed by atoms with E-state index in [9.17, 15) is 9.59 Å². The fourth-order valence-corrected chi connectivity index (χ4v) is 2.29. The van der Waals surface area contributed by atoms with E-state index in [1.54, 1.807) is 24.3 Å². The van der Waals surface area contributed by atoms with E-state index in [0.29, 0.717) is 36.6 Å². The van der Waals surface area contributed by atoms with Gasteiger partial charge in [0, 0.05) is 6.54 Å². The van der Waals surface area contributed by atoms with Gasteiger partial charge in [-0.2, -0.15) is 5.10 Å². The predicted molar refractivity (Wildman–Crippen MR) is 108 cm³/mol. The summed E-state index contributed by atoms with van der Waals surface area (Å²) in [5.41, 5.74) is 3.95. The standard InChI is InChI=1S/C21H23N3O4/c1-3-13-28-18-10-9-17(14-19(18)27-2)15-23-24-21(26)20(25)22-12-11-16-7-5-4-6-8-16/h3-10,14-15H,1,11-13H2,2H3,(H,22,25)(H,24,26). The number of methoxy groups -OCH3 is 1. The summed E-state index contributed by atoms with van der Waals surface area (Å²) < 4.78 is 10.7. The van der Waals surface area contributed by atoms with Gasteiger partial charge in [-0.3, -0.25) is 9.59 Å². The lowest BCUT2D eigenvalue weighted by Crippen LogP contribution is -2.38. The molecule has 2 rings (SSSR count). The van der Waals surface area contributed by atoms with Crippen LogP contribution in [0.1, 0.15) is 11.1 Å². The molecule has 0 spiro atoms. The predicted octanol–water partition coefficient (Wildman–Crippen LogP) is 2.07. The molecular weight excluding hydrogens is 358 g/mol. The molecule has 0 heterocycles. The molecule has 0 atom stereocenters. The van der Waals surface area contributed by atoms with Crippen LogP contribution in [0.2, 0.25) is 0 Å². The maximum absolute atomic E-state index is 11.8. The maximum Gasteiger partial charge on any atom is 0.329 e. The van der Waals surface area contributed by atoms with Gasteiger partial charge in [0.2, 0.25) is 0 Å². The number of hydrogen-bond acceptors (Lipinski definition) is 5. The van der Waals surface area contributed by atoms with Crippen LogP contribution >= 0.6 is 0 Å². The Morgan fingerprint density at radius 3 is 2.61 bits per heavy atom. The highest BCUT2D eigenvalue weighted by molar-refractivity contribution is 6.35. The number of nitrogens with one attached hydrogen (secondary N) is 2. The van der Waals surface area contributed by atoms with E-state index < -0.39 is 11.8 Å². The molecule has 0 aromatic heterocycles. The molecule has 0 saturated carbocycles. The van der Waals surface area contributed by atoms with Crippen molar-refractivity contribution < 1.29 is 19.1 Å². The van der Waals surface area contributed by atoms with Crippen LogP contribution in [0, 0.1) is 0 Å². The van der Waals surface area contributed by atoms with Gasteiger partial charge in [-0.25, -0.2) is 5.43 Å². The van der Waals surface area contributed by atoms with E-state index in [1.807, 2.05) is 30.3 Å². The van der Waals surface area contributed by atoms with Gasteiger partial charge >= 0.3 is 11.8 Å². The summed E-state index contributed by atoms with van der Waals surface area (Å²) in [6.07, 6.45) is 3.69. The largest absolute Gasteiger partial charge is 0.493 e. The minimum atomic E-state index is -0.831. The molecule has 2 amide bonds. The quantitative estimate of drug-likeness (QED) is 0.301. The third-order valence-electron chi connectivity index (χ3n) is 3.67. The zero-order valence-electron chi connectivity index (χ0n) is 15.7. The highest BCUT2D eigenvalue weighted by Crippen LogP contribution is 2.27. The molecular formula is C21H23N3O4. The molecule has 0 bridgehead atoms. The second-order valence-corrected chi connectivity index (χ2v) is 5.70. The Morgan fingerprint density at radius 2 is 1.89 bits per heavy atom. The van der Waals surface area contributed by atoms with Crippen molar-refractivity contribution in [1.82, 2.24) is 10.7 Å². The van der Waals surface area contributed by atoms with Crippen molar-refractivity contribution >= 4 is 18.0 Å². The molecule has 0 aliphatic carbocycles. The van der Waals surface area contributed by atoms with Crippen LogP contribution in [-0.2, 0) is 16.0 Å². The number of carbonyl (C=O) groups excluding carboxylic acids is 2. The molecule has 2 aromatic carbocycles. The summed E-state index contributed by atoms with van der Waals surface area (Å²) >= 11 is 0. The van der Waals surface area contributed by atoms with Gasteiger partial charge in [0.15, 0.2) is 11.5 Å². The highest BCUT2D eigenvalue weighted by Gasteiger charge is 2.11. The van der Waals surface area contributed by atoms with Gasteiger partial charge in [-0.05, 0) is 35.7 Å². The first-order valence-corrected chi connectivity index (χ1v) is 8.71. The number of rotatable bonds is 9. The third kappa shape index (κ3) is 6.60. The molecule has 0 aliphatic rings. The molecule has 7 nitrogen and oxygen atoms in total. The Hall–Kier alpha value is -3.61. The number of nitrogens with zero attached hydrogens (tertiary/aromatic N) is 1. The second-order valence-electron chi connectivity index (χ2n) is 5.70. The van der Waals surface area contributed by atoms with Gasteiger partial charge < -0.3 is 14.8 Å². The number of hydrogen-bond donors (Lipinski definition) is 2. The first-order valence-electron chi connectivity index (χ1n) is 8.71. The van der Waals surface area contributed by atoms with E-state index >= 15 is 0 Å². The maximum atomic E-state index is 11.8. The Kier molecular flexibility index (Phi) is 8.26. The van der Waals surface area contributed by atoms with Crippen molar-refractivity contribution in [2.24, 2.45) is 5.10 Å². The van der Waals surface area contributed by atoms with Gasteiger partial charge in [0.05, 0.1) is 13.3 Å². The Bertz CT molecular complexity index is 835. The zero-order valence-corrected chi connectivity index (χ0v) is 15.7. The summed E-state index contributed by atoms with van der Waals surface area (Å²) in [5.74, 6) is -0.474. The molecule has 0 unspecified atom stereocenters. The van der Waals surface area contributed by atoms with Crippen LogP contribution in [0.5, 0.6) is 11.5 Å². The van der Waals surface area contributed by atoms with Crippen molar-refractivity contribution in [3.63, 3.8) is 0 Å². The first-order chi connectivity index (χ1) is 13.6. The van der Waals surface area contributed by atoms with Crippen molar-refractivity contribution in [1.29, 1.82) is 0 Å². The van der Waals surface area contributed by atoms with Gasteiger partial charge in [-0.1, -0.05) is 43.0 Å². The molecule has 7 heteroatoms.